The molecule has 4 atom stereocenters. The zero-order chi connectivity index (χ0) is 34.4. The van der Waals surface area contributed by atoms with Crippen molar-refractivity contribution in [1.29, 1.82) is 0 Å². The lowest BCUT2D eigenvalue weighted by Crippen LogP contribution is -2.57. The molecule has 1 saturated carbocycles. The summed E-state index contributed by atoms with van der Waals surface area (Å²) in [5.41, 5.74) is 0.736. The number of aromatic nitrogens is 3. The van der Waals surface area contributed by atoms with Gasteiger partial charge in [-0.25, -0.2) is 14.8 Å². The highest BCUT2D eigenvalue weighted by Gasteiger charge is 2.32. The number of rotatable bonds is 16. The molecule has 2 heterocycles. The Hall–Kier alpha value is -3.90. The van der Waals surface area contributed by atoms with Gasteiger partial charge in [-0.1, -0.05) is 68.5 Å². The topological polar surface area (TPSA) is 158 Å². The molecule has 1 aliphatic rings. The highest BCUT2D eigenvalue weighted by molar-refractivity contribution is 7.99. The average molecular weight is 679 g/mol. The molecular formula is C36H50N6O5S. The molecular weight excluding hydrogens is 629 g/mol. The number of hydrogen-bond donors (Lipinski definition) is 5. The van der Waals surface area contributed by atoms with Gasteiger partial charge in [-0.15, -0.1) is 11.8 Å². The van der Waals surface area contributed by atoms with Crippen molar-refractivity contribution in [3.05, 3.63) is 78.5 Å². The SMILES string of the molecule is CC(C)(C)OC(=O)N[C@@H](Cc1ccccc1)C(=O)N[C@@H](Cc1cnc[nH]1)C(=O)N[C@@H](CC1CCCCC1)[C@@H](O)CCSc1ccccn1. The number of aromatic amines is 1. The number of aliphatic hydroxyl groups is 1. The van der Waals surface area contributed by atoms with Gasteiger partial charge in [-0.2, -0.15) is 0 Å². The molecule has 5 N–H and O–H groups in total. The third kappa shape index (κ3) is 13.0. The highest BCUT2D eigenvalue weighted by Crippen LogP contribution is 2.29. The van der Waals surface area contributed by atoms with Crippen LogP contribution in [0.5, 0.6) is 0 Å². The third-order valence-corrected chi connectivity index (χ3v) is 9.28. The third-order valence-electron chi connectivity index (χ3n) is 8.31. The van der Waals surface area contributed by atoms with Crippen molar-refractivity contribution in [2.75, 3.05) is 5.75 Å². The predicted molar refractivity (Wildman–Crippen MR) is 186 cm³/mol. The Labute approximate surface area is 287 Å². The van der Waals surface area contributed by atoms with Crippen molar-refractivity contribution in [3.63, 3.8) is 0 Å². The fourth-order valence-corrected chi connectivity index (χ4v) is 6.78. The fourth-order valence-electron chi connectivity index (χ4n) is 5.90. The molecule has 4 rings (SSSR count). The molecule has 0 radical (unpaired) electrons. The lowest BCUT2D eigenvalue weighted by atomic mass is 9.83. The summed E-state index contributed by atoms with van der Waals surface area (Å²) in [5.74, 6) is 0.101. The molecule has 12 heteroatoms. The van der Waals surface area contributed by atoms with Gasteiger partial charge in [0, 0.05) is 36.7 Å². The summed E-state index contributed by atoms with van der Waals surface area (Å²) in [6, 6.07) is 12.6. The van der Waals surface area contributed by atoms with Crippen LogP contribution in [-0.2, 0) is 27.2 Å². The number of carbonyl (C=O) groups excluding carboxylic acids is 3. The van der Waals surface area contributed by atoms with Crippen LogP contribution in [0.1, 0.15) is 77.0 Å². The standard InChI is InChI=1S/C36H50N6O5S/c1-36(2,3)47-35(46)42-29(21-26-14-8-5-9-15-26)33(44)41-30(22-27-23-37-24-39-27)34(45)40-28(20-25-12-6-4-7-13-25)31(43)17-19-48-32-16-10-11-18-38-32/h5,8-11,14-16,18,23-25,28-31,43H,4,6-7,12-13,17,19-22H2,1-3H3,(H,37,39)(H,40,45)(H,41,44)(H,42,46)/t28-,29-,30-,31-/m0/s1. The van der Waals surface area contributed by atoms with Crippen LogP contribution in [0.4, 0.5) is 4.79 Å². The molecule has 11 nitrogen and oxygen atoms in total. The van der Waals surface area contributed by atoms with E-state index in [1.54, 1.807) is 44.9 Å². The number of ether oxygens (including phenoxy) is 1. The maximum atomic E-state index is 14.0. The second-order valence-corrected chi connectivity index (χ2v) is 14.6. The Morgan fingerprint density at radius 2 is 1.67 bits per heavy atom. The second-order valence-electron chi connectivity index (χ2n) is 13.5. The average Bonchev–Trinajstić information content (AvgIpc) is 3.57. The van der Waals surface area contributed by atoms with Crippen molar-refractivity contribution in [2.24, 2.45) is 5.92 Å². The van der Waals surface area contributed by atoms with Gasteiger partial charge in [-0.3, -0.25) is 9.59 Å². The number of nitrogens with zero attached hydrogens (tertiary/aromatic N) is 2. The van der Waals surface area contributed by atoms with Crippen molar-refractivity contribution in [2.45, 2.75) is 113 Å². The minimum absolute atomic E-state index is 0.143. The van der Waals surface area contributed by atoms with Gasteiger partial charge in [0.25, 0.3) is 0 Å². The summed E-state index contributed by atoms with van der Waals surface area (Å²) < 4.78 is 5.45. The Bertz CT molecular complexity index is 1400. The largest absolute Gasteiger partial charge is 0.444 e. The zero-order valence-electron chi connectivity index (χ0n) is 28.2. The van der Waals surface area contributed by atoms with E-state index in [-0.39, 0.29) is 12.8 Å². The van der Waals surface area contributed by atoms with Gasteiger partial charge in [0.15, 0.2) is 0 Å². The number of alkyl carbamates (subject to hydrolysis) is 1. The number of nitrogens with one attached hydrogen (secondary N) is 4. The van der Waals surface area contributed by atoms with Gasteiger partial charge >= 0.3 is 6.09 Å². The first-order valence-corrected chi connectivity index (χ1v) is 17.9. The van der Waals surface area contributed by atoms with Crippen LogP contribution < -0.4 is 16.0 Å². The fraction of sp³-hybridized carbons (Fsp3) is 0.528. The van der Waals surface area contributed by atoms with E-state index in [4.69, 9.17) is 4.74 Å². The molecule has 1 aromatic carbocycles. The minimum Gasteiger partial charge on any atom is -0.444 e. The lowest BCUT2D eigenvalue weighted by Gasteiger charge is -2.32. The molecule has 3 aromatic rings. The summed E-state index contributed by atoms with van der Waals surface area (Å²) in [6.45, 7) is 5.25. The Morgan fingerprint density at radius 1 is 0.958 bits per heavy atom. The van der Waals surface area contributed by atoms with E-state index in [0.29, 0.717) is 30.2 Å². The number of hydrogen-bond acceptors (Lipinski definition) is 8. The lowest BCUT2D eigenvalue weighted by molar-refractivity contribution is -0.131. The number of carbonyl (C=O) groups is 3. The first kappa shape index (κ1) is 36.9. The molecule has 3 amide bonds. The maximum absolute atomic E-state index is 14.0. The van der Waals surface area contributed by atoms with Crippen molar-refractivity contribution < 1.29 is 24.2 Å². The summed E-state index contributed by atoms with van der Waals surface area (Å²) >= 11 is 1.56. The molecule has 0 bridgehead atoms. The normalized spacial score (nSPS) is 16.2. The van der Waals surface area contributed by atoms with Crippen LogP contribution in [0.25, 0.3) is 0 Å². The van der Waals surface area contributed by atoms with E-state index in [2.05, 4.69) is 30.9 Å². The highest BCUT2D eigenvalue weighted by atomic mass is 32.2. The van der Waals surface area contributed by atoms with E-state index in [1.165, 1.54) is 12.7 Å². The number of imidazole rings is 1. The molecule has 48 heavy (non-hydrogen) atoms. The molecule has 0 unspecified atom stereocenters. The van der Waals surface area contributed by atoms with Gasteiger partial charge in [0.1, 0.15) is 17.7 Å². The number of amides is 3. The summed E-state index contributed by atoms with van der Waals surface area (Å²) in [7, 11) is 0. The van der Waals surface area contributed by atoms with E-state index in [1.807, 2.05) is 48.5 Å². The number of benzene rings is 1. The van der Waals surface area contributed by atoms with Crippen LogP contribution in [0.15, 0.2) is 72.3 Å². The van der Waals surface area contributed by atoms with Crippen LogP contribution in [-0.4, -0.2) is 73.5 Å². The van der Waals surface area contributed by atoms with E-state index in [9.17, 15) is 19.5 Å². The van der Waals surface area contributed by atoms with E-state index >= 15 is 0 Å². The molecule has 0 aliphatic heterocycles. The molecule has 1 fully saturated rings. The van der Waals surface area contributed by atoms with Crippen LogP contribution >= 0.6 is 11.8 Å². The van der Waals surface area contributed by atoms with Gasteiger partial charge in [0.05, 0.1) is 23.5 Å². The predicted octanol–water partition coefficient (Wildman–Crippen LogP) is 4.97. The monoisotopic (exact) mass is 678 g/mol. The summed E-state index contributed by atoms with van der Waals surface area (Å²) in [5, 5.41) is 21.0. The van der Waals surface area contributed by atoms with Gasteiger partial charge in [0.2, 0.25) is 11.8 Å². The first-order chi connectivity index (χ1) is 23.1. The van der Waals surface area contributed by atoms with Crippen LogP contribution in [0.2, 0.25) is 0 Å². The van der Waals surface area contributed by atoms with Crippen molar-refractivity contribution in [1.82, 2.24) is 30.9 Å². The number of thioether (sulfide) groups is 1. The molecule has 0 spiro atoms. The second kappa shape index (κ2) is 18.6. The molecule has 260 valence electrons. The Balaban J connectivity index is 1.50. The number of H-pyrrole nitrogens is 1. The van der Waals surface area contributed by atoms with E-state index < -0.39 is 47.7 Å². The summed E-state index contributed by atoms with van der Waals surface area (Å²) in [6.07, 6.45) is 10.4. The zero-order valence-corrected chi connectivity index (χ0v) is 29.0. The molecule has 0 saturated heterocycles. The smallest absolute Gasteiger partial charge is 0.408 e. The first-order valence-electron chi connectivity index (χ1n) is 16.9. The van der Waals surface area contributed by atoms with Gasteiger partial charge in [-0.05, 0) is 57.2 Å². The van der Waals surface area contributed by atoms with Crippen molar-refractivity contribution in [3.8, 4) is 0 Å². The Kier molecular flexibility index (Phi) is 14.3. The molecule has 2 aromatic heterocycles. The number of aliphatic hydroxyl groups excluding tert-OH is 1. The molecule has 1 aliphatic carbocycles. The maximum Gasteiger partial charge on any atom is 0.408 e. The van der Waals surface area contributed by atoms with Gasteiger partial charge < -0.3 is 30.8 Å². The van der Waals surface area contributed by atoms with Crippen LogP contribution in [0, 0.1) is 5.92 Å². The summed E-state index contributed by atoms with van der Waals surface area (Å²) in [4.78, 5) is 52.1. The quantitative estimate of drug-likeness (QED) is 0.133. The number of pyridine rings is 1. The minimum atomic E-state index is -1.01. The van der Waals surface area contributed by atoms with Crippen LogP contribution in [0.3, 0.4) is 0 Å². The van der Waals surface area contributed by atoms with Crippen molar-refractivity contribution >= 4 is 29.7 Å². The Morgan fingerprint density at radius 3 is 2.33 bits per heavy atom. The van der Waals surface area contributed by atoms with E-state index in [0.717, 1.165) is 36.3 Å².